The standard InChI is InChI=1S/C17H27FN2/c1-4-8-19-12-14-9-15(18)11-17(10-14)20-13(3)6-7-16(20)5-2/h9-11,13,16,19H,4-8,12H2,1-3H3. The highest BCUT2D eigenvalue weighted by Gasteiger charge is 2.29. The van der Waals surface area contributed by atoms with Gasteiger partial charge in [-0.1, -0.05) is 13.8 Å². The van der Waals surface area contributed by atoms with Crippen molar-refractivity contribution < 1.29 is 4.39 Å². The van der Waals surface area contributed by atoms with E-state index in [4.69, 9.17) is 0 Å². The van der Waals surface area contributed by atoms with Gasteiger partial charge in [-0.15, -0.1) is 0 Å². The molecule has 0 aromatic heterocycles. The fraction of sp³-hybridized carbons (Fsp3) is 0.647. The highest BCUT2D eigenvalue weighted by molar-refractivity contribution is 5.52. The largest absolute Gasteiger partial charge is 0.366 e. The molecule has 1 aliphatic rings. The number of hydrogen-bond acceptors (Lipinski definition) is 2. The molecule has 2 nitrogen and oxygen atoms in total. The van der Waals surface area contributed by atoms with Gasteiger partial charge in [-0.2, -0.15) is 0 Å². The fourth-order valence-electron chi connectivity index (χ4n) is 3.23. The summed E-state index contributed by atoms with van der Waals surface area (Å²) in [6.07, 6.45) is 4.66. The van der Waals surface area contributed by atoms with Crippen LogP contribution in [0.1, 0.15) is 52.0 Å². The minimum absolute atomic E-state index is 0.121. The molecular weight excluding hydrogens is 251 g/mol. The lowest BCUT2D eigenvalue weighted by molar-refractivity contribution is 0.604. The van der Waals surface area contributed by atoms with E-state index < -0.39 is 0 Å². The predicted molar refractivity (Wildman–Crippen MR) is 83.7 cm³/mol. The molecule has 2 atom stereocenters. The SMILES string of the molecule is CCCNCc1cc(F)cc(N2C(C)CCC2CC)c1. The van der Waals surface area contributed by atoms with Crippen molar-refractivity contribution in [1.82, 2.24) is 5.32 Å². The molecule has 20 heavy (non-hydrogen) atoms. The van der Waals surface area contributed by atoms with Crippen molar-refractivity contribution >= 4 is 5.69 Å². The van der Waals surface area contributed by atoms with E-state index in [1.54, 1.807) is 12.1 Å². The number of nitrogens with one attached hydrogen (secondary N) is 1. The molecule has 0 aliphatic carbocycles. The zero-order valence-corrected chi connectivity index (χ0v) is 13.0. The number of halogens is 1. The number of nitrogens with zero attached hydrogens (tertiary/aromatic N) is 1. The molecule has 1 heterocycles. The zero-order valence-electron chi connectivity index (χ0n) is 13.0. The van der Waals surface area contributed by atoms with Gasteiger partial charge in [0.1, 0.15) is 5.82 Å². The van der Waals surface area contributed by atoms with Crippen molar-refractivity contribution in [3.05, 3.63) is 29.6 Å². The van der Waals surface area contributed by atoms with E-state index in [1.165, 1.54) is 12.8 Å². The highest BCUT2D eigenvalue weighted by atomic mass is 19.1. The average Bonchev–Trinajstić information content (AvgIpc) is 2.79. The van der Waals surface area contributed by atoms with Gasteiger partial charge in [0.05, 0.1) is 0 Å². The van der Waals surface area contributed by atoms with E-state index in [0.717, 1.165) is 37.2 Å². The van der Waals surface area contributed by atoms with Crippen molar-refractivity contribution in [1.29, 1.82) is 0 Å². The van der Waals surface area contributed by atoms with E-state index in [9.17, 15) is 4.39 Å². The van der Waals surface area contributed by atoms with Crippen LogP contribution in [0, 0.1) is 5.82 Å². The third kappa shape index (κ3) is 3.51. The fourth-order valence-corrected chi connectivity index (χ4v) is 3.23. The molecule has 0 spiro atoms. The van der Waals surface area contributed by atoms with E-state index >= 15 is 0 Å². The van der Waals surface area contributed by atoms with Crippen LogP contribution < -0.4 is 10.2 Å². The maximum Gasteiger partial charge on any atom is 0.125 e. The van der Waals surface area contributed by atoms with E-state index in [-0.39, 0.29) is 5.82 Å². The molecule has 1 fully saturated rings. The Balaban J connectivity index is 2.18. The van der Waals surface area contributed by atoms with Crippen LogP contribution in [0.15, 0.2) is 18.2 Å². The van der Waals surface area contributed by atoms with Crippen LogP contribution in [0.2, 0.25) is 0 Å². The Morgan fingerprint density at radius 1 is 1.25 bits per heavy atom. The quantitative estimate of drug-likeness (QED) is 0.788. The Morgan fingerprint density at radius 3 is 2.75 bits per heavy atom. The van der Waals surface area contributed by atoms with Crippen LogP contribution in [0.25, 0.3) is 0 Å². The summed E-state index contributed by atoms with van der Waals surface area (Å²) in [5.74, 6) is -0.121. The first-order valence-corrected chi connectivity index (χ1v) is 7.94. The topological polar surface area (TPSA) is 15.3 Å². The minimum Gasteiger partial charge on any atom is -0.366 e. The molecule has 0 bridgehead atoms. The second-order valence-electron chi connectivity index (χ2n) is 5.89. The Labute approximate surface area is 122 Å². The molecule has 3 heteroatoms. The molecule has 1 saturated heterocycles. The monoisotopic (exact) mass is 278 g/mol. The zero-order chi connectivity index (χ0) is 14.5. The Kier molecular flexibility index (Phi) is 5.41. The molecule has 1 aliphatic heterocycles. The van der Waals surface area contributed by atoms with Crippen LogP contribution in [-0.4, -0.2) is 18.6 Å². The van der Waals surface area contributed by atoms with Gasteiger partial charge < -0.3 is 10.2 Å². The number of hydrogen-bond donors (Lipinski definition) is 1. The molecular formula is C17H27FN2. The smallest absolute Gasteiger partial charge is 0.125 e. The van der Waals surface area contributed by atoms with Crippen molar-refractivity contribution in [3.8, 4) is 0 Å². The second-order valence-corrected chi connectivity index (χ2v) is 5.89. The van der Waals surface area contributed by atoms with Crippen molar-refractivity contribution in [2.24, 2.45) is 0 Å². The summed E-state index contributed by atoms with van der Waals surface area (Å²) in [6.45, 7) is 8.33. The molecule has 0 saturated carbocycles. The number of anilines is 1. The molecule has 2 unspecified atom stereocenters. The van der Waals surface area contributed by atoms with E-state index in [1.807, 2.05) is 0 Å². The van der Waals surface area contributed by atoms with Gasteiger partial charge in [0.25, 0.3) is 0 Å². The van der Waals surface area contributed by atoms with Crippen molar-refractivity contribution in [2.75, 3.05) is 11.4 Å². The maximum atomic E-state index is 13.9. The third-order valence-electron chi connectivity index (χ3n) is 4.25. The number of rotatable bonds is 6. The van der Waals surface area contributed by atoms with E-state index in [0.29, 0.717) is 12.1 Å². The van der Waals surface area contributed by atoms with Gasteiger partial charge in [0, 0.05) is 24.3 Å². The first-order valence-electron chi connectivity index (χ1n) is 7.94. The number of benzene rings is 1. The Hall–Kier alpha value is -1.09. The van der Waals surface area contributed by atoms with Crippen LogP contribution in [0.3, 0.4) is 0 Å². The van der Waals surface area contributed by atoms with Crippen LogP contribution in [0.4, 0.5) is 10.1 Å². The van der Waals surface area contributed by atoms with Crippen molar-refractivity contribution in [2.45, 2.75) is 65.1 Å². The molecule has 112 valence electrons. The van der Waals surface area contributed by atoms with Crippen LogP contribution in [-0.2, 0) is 6.54 Å². The van der Waals surface area contributed by atoms with Gasteiger partial charge in [0.2, 0.25) is 0 Å². The predicted octanol–water partition coefficient (Wildman–Crippen LogP) is 4.09. The normalized spacial score (nSPS) is 22.5. The first-order chi connectivity index (χ1) is 9.65. The summed E-state index contributed by atoms with van der Waals surface area (Å²) in [5, 5.41) is 3.35. The van der Waals surface area contributed by atoms with Crippen molar-refractivity contribution in [3.63, 3.8) is 0 Å². The molecule has 2 rings (SSSR count). The summed E-state index contributed by atoms with van der Waals surface area (Å²) in [5.41, 5.74) is 2.09. The van der Waals surface area contributed by atoms with Gasteiger partial charge in [-0.05, 0) is 62.9 Å². The van der Waals surface area contributed by atoms with Gasteiger partial charge in [0.15, 0.2) is 0 Å². The second kappa shape index (κ2) is 7.07. The molecule has 0 amide bonds. The Morgan fingerprint density at radius 2 is 2.05 bits per heavy atom. The van der Waals surface area contributed by atoms with Crippen LogP contribution in [0.5, 0.6) is 0 Å². The third-order valence-corrected chi connectivity index (χ3v) is 4.25. The Bertz CT molecular complexity index is 433. The molecule has 1 aromatic carbocycles. The highest BCUT2D eigenvalue weighted by Crippen LogP contribution is 2.32. The summed E-state index contributed by atoms with van der Waals surface area (Å²) in [7, 11) is 0. The summed E-state index contributed by atoms with van der Waals surface area (Å²) < 4.78 is 13.9. The molecule has 1 N–H and O–H groups in total. The van der Waals surface area contributed by atoms with Gasteiger partial charge in [-0.25, -0.2) is 4.39 Å². The van der Waals surface area contributed by atoms with Gasteiger partial charge >= 0.3 is 0 Å². The van der Waals surface area contributed by atoms with Crippen LogP contribution >= 0.6 is 0 Å². The maximum absolute atomic E-state index is 13.9. The summed E-state index contributed by atoms with van der Waals surface area (Å²) in [6, 6.07) is 6.55. The lowest BCUT2D eigenvalue weighted by Gasteiger charge is -2.30. The summed E-state index contributed by atoms with van der Waals surface area (Å²) >= 11 is 0. The first kappa shape index (κ1) is 15.3. The lowest BCUT2D eigenvalue weighted by atomic mass is 10.1. The average molecular weight is 278 g/mol. The lowest BCUT2D eigenvalue weighted by Crippen LogP contribution is -2.34. The molecule has 0 radical (unpaired) electrons. The molecule has 1 aromatic rings. The van der Waals surface area contributed by atoms with E-state index in [2.05, 4.69) is 37.1 Å². The minimum atomic E-state index is -0.121. The summed E-state index contributed by atoms with van der Waals surface area (Å²) in [4.78, 5) is 2.41. The van der Waals surface area contributed by atoms with Gasteiger partial charge in [-0.3, -0.25) is 0 Å².